The fraction of sp³-hybridized carbons (Fsp3) is 0.105. The van der Waals surface area contributed by atoms with Crippen LogP contribution in [0.4, 0.5) is 0 Å². The Kier molecular flexibility index (Phi) is 3.15. The summed E-state index contributed by atoms with van der Waals surface area (Å²) in [5.74, 6) is 0.734. The Bertz CT molecular complexity index is 1000. The summed E-state index contributed by atoms with van der Waals surface area (Å²) in [5.41, 5.74) is 2.03. The monoisotopic (exact) mass is 304 g/mol. The minimum Gasteiger partial charge on any atom is -0.497 e. The number of nitrogens with zero attached hydrogens (tertiary/aromatic N) is 2. The van der Waals surface area contributed by atoms with Gasteiger partial charge in [-0.15, -0.1) is 5.10 Å². The molecule has 1 heterocycles. The third-order valence-electron chi connectivity index (χ3n) is 4.08. The zero-order valence-corrected chi connectivity index (χ0v) is 12.7. The van der Waals surface area contributed by atoms with Gasteiger partial charge in [-0.25, -0.2) is 0 Å². The van der Waals surface area contributed by atoms with Crippen molar-refractivity contribution in [3.05, 3.63) is 66.2 Å². The summed E-state index contributed by atoms with van der Waals surface area (Å²) in [5, 5.41) is 17.4. The molecule has 0 fully saturated rings. The second-order valence-corrected chi connectivity index (χ2v) is 5.55. The lowest BCUT2D eigenvalue weighted by molar-refractivity contribution is 0.415. The van der Waals surface area contributed by atoms with Gasteiger partial charge in [-0.1, -0.05) is 36.4 Å². The normalized spacial score (nSPS) is 11.2. The molecule has 0 aliphatic carbocycles. The van der Waals surface area contributed by atoms with E-state index in [1.807, 2.05) is 28.9 Å². The number of benzene rings is 3. The van der Waals surface area contributed by atoms with E-state index in [0.29, 0.717) is 17.7 Å². The highest BCUT2D eigenvalue weighted by atomic mass is 16.5. The van der Waals surface area contributed by atoms with Crippen LogP contribution in [0.3, 0.4) is 0 Å². The van der Waals surface area contributed by atoms with Crippen molar-refractivity contribution in [1.82, 2.24) is 9.78 Å². The highest BCUT2D eigenvalue weighted by molar-refractivity contribution is 5.86. The van der Waals surface area contributed by atoms with Crippen molar-refractivity contribution in [2.45, 2.75) is 6.54 Å². The number of ether oxygens (including phenoxy) is 1. The second-order valence-electron chi connectivity index (χ2n) is 5.55. The van der Waals surface area contributed by atoms with E-state index in [2.05, 4.69) is 35.4 Å². The molecule has 0 atom stereocenters. The van der Waals surface area contributed by atoms with Crippen LogP contribution in [0.1, 0.15) is 5.56 Å². The predicted molar refractivity (Wildman–Crippen MR) is 91.0 cm³/mol. The van der Waals surface area contributed by atoms with Crippen molar-refractivity contribution in [2.24, 2.45) is 0 Å². The minimum absolute atomic E-state index is 0.0275. The van der Waals surface area contributed by atoms with Gasteiger partial charge in [-0.3, -0.25) is 4.68 Å². The summed E-state index contributed by atoms with van der Waals surface area (Å²) in [6, 6.07) is 20.2. The maximum Gasteiger partial charge on any atom is 0.238 e. The Morgan fingerprint density at radius 3 is 2.65 bits per heavy atom. The zero-order valence-electron chi connectivity index (χ0n) is 12.7. The quantitative estimate of drug-likeness (QED) is 0.623. The van der Waals surface area contributed by atoms with E-state index in [9.17, 15) is 5.11 Å². The number of hydrogen-bond donors (Lipinski definition) is 1. The van der Waals surface area contributed by atoms with Crippen LogP contribution >= 0.6 is 0 Å². The zero-order chi connectivity index (χ0) is 15.8. The van der Waals surface area contributed by atoms with Crippen LogP contribution in [0.15, 0.2) is 60.7 Å². The summed E-state index contributed by atoms with van der Waals surface area (Å²) < 4.78 is 7.02. The van der Waals surface area contributed by atoms with Crippen LogP contribution in [0, 0.1) is 0 Å². The predicted octanol–water partition coefficient (Wildman–Crippen LogP) is 3.95. The largest absolute Gasteiger partial charge is 0.497 e. The smallest absolute Gasteiger partial charge is 0.238 e. The number of hydrogen-bond acceptors (Lipinski definition) is 3. The van der Waals surface area contributed by atoms with Gasteiger partial charge < -0.3 is 9.84 Å². The number of methoxy groups -OCH3 is 1. The molecule has 4 heteroatoms. The van der Waals surface area contributed by atoms with Gasteiger partial charge >= 0.3 is 0 Å². The molecule has 4 rings (SSSR count). The van der Waals surface area contributed by atoms with E-state index in [-0.39, 0.29) is 5.88 Å². The van der Waals surface area contributed by atoms with Crippen LogP contribution in [-0.2, 0) is 6.54 Å². The molecule has 0 aliphatic heterocycles. The summed E-state index contributed by atoms with van der Waals surface area (Å²) in [6.07, 6.45) is 0. The van der Waals surface area contributed by atoms with Crippen molar-refractivity contribution >= 4 is 21.7 Å². The SMILES string of the molecule is COc1ccc2c(c1)c(O)nn2Cc1ccc2ccccc2c1. The number of aromatic hydroxyl groups is 1. The maximum absolute atomic E-state index is 10.1. The number of fused-ring (bicyclic) bond motifs is 2. The molecule has 0 bridgehead atoms. The van der Waals surface area contributed by atoms with Gasteiger partial charge in [0.2, 0.25) is 5.88 Å². The summed E-state index contributed by atoms with van der Waals surface area (Å²) in [6.45, 7) is 0.605. The Hall–Kier alpha value is -3.01. The second kappa shape index (κ2) is 5.32. The van der Waals surface area contributed by atoms with Crippen molar-refractivity contribution in [3.8, 4) is 11.6 Å². The van der Waals surface area contributed by atoms with E-state index in [1.54, 1.807) is 13.2 Å². The molecule has 0 radical (unpaired) electrons. The van der Waals surface area contributed by atoms with Crippen molar-refractivity contribution in [1.29, 1.82) is 0 Å². The Morgan fingerprint density at radius 1 is 1.00 bits per heavy atom. The van der Waals surface area contributed by atoms with Gasteiger partial charge in [0.05, 0.1) is 24.6 Å². The molecule has 4 nitrogen and oxygen atoms in total. The molecule has 114 valence electrons. The van der Waals surface area contributed by atoms with E-state index >= 15 is 0 Å². The van der Waals surface area contributed by atoms with E-state index in [4.69, 9.17) is 4.74 Å². The van der Waals surface area contributed by atoms with Gasteiger partial charge in [-0.05, 0) is 40.6 Å². The van der Waals surface area contributed by atoms with Gasteiger partial charge in [0.1, 0.15) is 5.75 Å². The van der Waals surface area contributed by atoms with Crippen molar-refractivity contribution in [2.75, 3.05) is 7.11 Å². The van der Waals surface area contributed by atoms with E-state index in [0.717, 1.165) is 11.1 Å². The minimum atomic E-state index is 0.0275. The molecule has 1 N–H and O–H groups in total. The fourth-order valence-corrected chi connectivity index (χ4v) is 2.90. The first-order valence-corrected chi connectivity index (χ1v) is 7.46. The van der Waals surface area contributed by atoms with Crippen LogP contribution in [0.5, 0.6) is 11.6 Å². The molecular formula is C19H16N2O2. The molecule has 0 aliphatic rings. The number of rotatable bonds is 3. The average Bonchev–Trinajstić information content (AvgIpc) is 2.90. The summed E-state index contributed by atoms with van der Waals surface area (Å²) >= 11 is 0. The average molecular weight is 304 g/mol. The Labute approximate surface area is 133 Å². The van der Waals surface area contributed by atoms with Crippen LogP contribution in [0.25, 0.3) is 21.7 Å². The molecule has 1 aromatic heterocycles. The first-order chi connectivity index (χ1) is 11.2. The first kappa shape index (κ1) is 13.6. The third kappa shape index (κ3) is 2.38. The molecule has 0 saturated carbocycles. The highest BCUT2D eigenvalue weighted by Gasteiger charge is 2.11. The lowest BCUT2D eigenvalue weighted by atomic mass is 10.1. The van der Waals surface area contributed by atoms with Crippen LogP contribution in [-0.4, -0.2) is 22.0 Å². The molecule has 4 aromatic rings. The molecule has 3 aromatic carbocycles. The third-order valence-corrected chi connectivity index (χ3v) is 4.08. The van der Waals surface area contributed by atoms with Crippen LogP contribution in [0.2, 0.25) is 0 Å². The van der Waals surface area contributed by atoms with E-state index < -0.39 is 0 Å². The molecular weight excluding hydrogens is 288 g/mol. The van der Waals surface area contributed by atoms with Gasteiger partial charge in [0.25, 0.3) is 0 Å². The van der Waals surface area contributed by atoms with Crippen molar-refractivity contribution in [3.63, 3.8) is 0 Å². The highest BCUT2D eigenvalue weighted by Crippen LogP contribution is 2.28. The van der Waals surface area contributed by atoms with Gasteiger partial charge in [-0.2, -0.15) is 0 Å². The lowest BCUT2D eigenvalue weighted by Crippen LogP contribution is -2.01. The molecule has 0 unspecified atom stereocenters. The fourth-order valence-electron chi connectivity index (χ4n) is 2.90. The van der Waals surface area contributed by atoms with Gasteiger partial charge in [0.15, 0.2) is 0 Å². The summed E-state index contributed by atoms with van der Waals surface area (Å²) in [7, 11) is 1.61. The van der Waals surface area contributed by atoms with E-state index in [1.165, 1.54) is 10.8 Å². The standard InChI is InChI=1S/C19H16N2O2/c1-23-16-8-9-18-17(11-16)19(22)20-21(18)12-13-6-7-14-4-2-3-5-15(14)10-13/h2-11H,12H2,1H3,(H,20,22). The Morgan fingerprint density at radius 2 is 1.83 bits per heavy atom. The number of aromatic nitrogens is 2. The lowest BCUT2D eigenvalue weighted by Gasteiger charge is -2.06. The topological polar surface area (TPSA) is 47.3 Å². The first-order valence-electron chi connectivity index (χ1n) is 7.46. The van der Waals surface area contributed by atoms with Crippen LogP contribution < -0.4 is 4.74 Å². The van der Waals surface area contributed by atoms with Crippen molar-refractivity contribution < 1.29 is 9.84 Å². The molecule has 23 heavy (non-hydrogen) atoms. The Balaban J connectivity index is 1.76. The maximum atomic E-state index is 10.1. The molecule has 0 saturated heterocycles. The molecule has 0 amide bonds. The molecule has 0 spiro atoms. The van der Waals surface area contributed by atoms with Gasteiger partial charge in [0, 0.05) is 0 Å². The summed E-state index contributed by atoms with van der Waals surface area (Å²) in [4.78, 5) is 0.